The van der Waals surface area contributed by atoms with Gasteiger partial charge in [-0.1, -0.05) is 0 Å². The quantitative estimate of drug-likeness (QED) is 0.735. The van der Waals surface area contributed by atoms with Gasteiger partial charge in [-0.3, -0.25) is 4.90 Å². The number of rotatable bonds is 4. The molecular formula is C24H38N6O3. The normalized spacial score (nSPS) is 22.8. The number of nitrogens with zero attached hydrogens (tertiary/aromatic N) is 5. The van der Waals surface area contributed by atoms with E-state index in [9.17, 15) is 4.79 Å². The summed E-state index contributed by atoms with van der Waals surface area (Å²) in [6, 6.07) is 0.496. The number of anilines is 1. The second kappa shape index (κ2) is 8.91. The van der Waals surface area contributed by atoms with Gasteiger partial charge in [0, 0.05) is 38.3 Å². The smallest absolute Gasteiger partial charge is 0.410 e. The van der Waals surface area contributed by atoms with Crippen LogP contribution in [-0.2, 0) is 17.7 Å². The van der Waals surface area contributed by atoms with Crippen molar-refractivity contribution in [1.29, 1.82) is 0 Å². The van der Waals surface area contributed by atoms with Crippen molar-refractivity contribution in [2.75, 3.05) is 57.3 Å². The van der Waals surface area contributed by atoms with Crippen LogP contribution in [0.1, 0.15) is 57.7 Å². The van der Waals surface area contributed by atoms with Gasteiger partial charge in [-0.2, -0.15) is 9.97 Å². The first-order valence-corrected chi connectivity index (χ1v) is 12.5. The highest BCUT2D eigenvalue weighted by Gasteiger charge is 2.45. The zero-order chi connectivity index (χ0) is 23.1. The fraction of sp³-hybridized carbons (Fsp3) is 0.792. The Labute approximate surface area is 196 Å². The van der Waals surface area contributed by atoms with Gasteiger partial charge < -0.3 is 24.6 Å². The summed E-state index contributed by atoms with van der Waals surface area (Å²) in [5.41, 5.74) is 1.96. The summed E-state index contributed by atoms with van der Waals surface area (Å²) in [4.78, 5) is 28.9. The first kappa shape index (κ1) is 22.7. The minimum Gasteiger partial charge on any atom is -0.461 e. The van der Waals surface area contributed by atoms with E-state index in [1.165, 1.54) is 44.3 Å². The average Bonchev–Trinajstić information content (AvgIpc) is 3.36. The topological polar surface area (TPSA) is 83.1 Å². The van der Waals surface area contributed by atoms with Crippen LogP contribution < -0.4 is 15.0 Å². The third kappa shape index (κ3) is 4.75. The van der Waals surface area contributed by atoms with Crippen molar-refractivity contribution in [3.05, 3.63) is 11.3 Å². The van der Waals surface area contributed by atoms with Crippen LogP contribution in [0.2, 0.25) is 0 Å². The predicted octanol–water partition coefficient (Wildman–Crippen LogP) is 2.19. The summed E-state index contributed by atoms with van der Waals surface area (Å²) >= 11 is 0. The van der Waals surface area contributed by atoms with Crippen molar-refractivity contribution >= 4 is 11.9 Å². The van der Waals surface area contributed by atoms with Gasteiger partial charge in [-0.25, -0.2) is 4.79 Å². The van der Waals surface area contributed by atoms with E-state index in [-0.39, 0.29) is 11.6 Å². The molecule has 0 bridgehead atoms. The van der Waals surface area contributed by atoms with Crippen molar-refractivity contribution < 1.29 is 14.3 Å². The van der Waals surface area contributed by atoms with E-state index in [0.717, 1.165) is 44.1 Å². The molecule has 0 atom stereocenters. The molecule has 4 aliphatic heterocycles. The van der Waals surface area contributed by atoms with Crippen molar-refractivity contribution in [3.8, 4) is 6.01 Å². The number of amides is 1. The number of ether oxygens (including phenoxy) is 2. The molecule has 0 unspecified atom stereocenters. The van der Waals surface area contributed by atoms with Crippen molar-refractivity contribution in [2.24, 2.45) is 0 Å². The number of aromatic nitrogens is 2. The highest BCUT2D eigenvalue weighted by molar-refractivity contribution is 5.68. The number of carbonyl (C=O) groups excluding carboxylic acids is 1. The lowest BCUT2D eigenvalue weighted by Gasteiger charge is -2.37. The summed E-state index contributed by atoms with van der Waals surface area (Å²) < 4.78 is 11.9. The summed E-state index contributed by atoms with van der Waals surface area (Å²) in [5.74, 6) is 0.979. The monoisotopic (exact) mass is 458 g/mol. The molecule has 1 aromatic rings. The molecule has 0 radical (unpaired) electrons. The highest BCUT2D eigenvalue weighted by Crippen LogP contribution is 2.39. The molecule has 0 spiro atoms. The Morgan fingerprint density at radius 3 is 2.48 bits per heavy atom. The standard InChI is InChI=1S/C24H38N6O3/c1-23(2,3)33-22(31)29-14-12-28(13-15-29)20-18-6-9-25-16-19(18)26-21(27-20)32-17-24-7-4-10-30(24)11-5-8-24/h25H,4-17H2,1-3H3. The van der Waals surface area contributed by atoms with E-state index in [0.29, 0.717) is 25.7 Å². The first-order chi connectivity index (χ1) is 15.8. The third-order valence-electron chi connectivity index (χ3n) is 7.41. The maximum Gasteiger partial charge on any atom is 0.410 e. The van der Waals surface area contributed by atoms with E-state index < -0.39 is 5.60 Å². The molecule has 3 fully saturated rings. The van der Waals surface area contributed by atoms with Crippen LogP contribution in [0, 0.1) is 0 Å². The zero-order valence-corrected chi connectivity index (χ0v) is 20.4. The Hall–Kier alpha value is -2.13. The minimum absolute atomic E-state index is 0.177. The molecule has 182 valence electrons. The van der Waals surface area contributed by atoms with Gasteiger partial charge in [-0.15, -0.1) is 0 Å². The number of carbonyl (C=O) groups is 1. The highest BCUT2D eigenvalue weighted by atomic mass is 16.6. The number of hydrogen-bond donors (Lipinski definition) is 1. The van der Waals surface area contributed by atoms with Crippen LogP contribution in [0.3, 0.4) is 0 Å². The number of hydrogen-bond acceptors (Lipinski definition) is 8. The largest absolute Gasteiger partial charge is 0.461 e. The third-order valence-corrected chi connectivity index (χ3v) is 7.41. The molecule has 33 heavy (non-hydrogen) atoms. The molecule has 1 amide bonds. The number of fused-ring (bicyclic) bond motifs is 2. The van der Waals surface area contributed by atoms with Crippen LogP contribution in [0.4, 0.5) is 10.6 Å². The first-order valence-electron chi connectivity index (χ1n) is 12.5. The second-order valence-electron chi connectivity index (χ2n) is 10.8. The Balaban J connectivity index is 1.30. The van der Waals surface area contributed by atoms with Crippen molar-refractivity contribution in [1.82, 2.24) is 25.1 Å². The fourth-order valence-corrected chi connectivity index (χ4v) is 5.73. The molecule has 5 rings (SSSR count). The molecule has 9 heteroatoms. The lowest BCUT2D eigenvalue weighted by Crippen LogP contribution is -2.50. The van der Waals surface area contributed by atoms with E-state index in [4.69, 9.17) is 19.4 Å². The molecule has 1 N–H and O–H groups in total. The minimum atomic E-state index is -0.479. The Morgan fingerprint density at radius 2 is 1.79 bits per heavy atom. The van der Waals surface area contributed by atoms with Crippen molar-refractivity contribution in [2.45, 2.75) is 70.6 Å². The maximum absolute atomic E-state index is 12.5. The molecule has 0 aromatic carbocycles. The van der Waals surface area contributed by atoms with Gasteiger partial charge in [0.25, 0.3) is 0 Å². The molecule has 5 heterocycles. The SMILES string of the molecule is CC(C)(C)OC(=O)N1CCN(c2nc(OCC34CCCN3CCC4)nc3c2CCNC3)CC1. The Morgan fingerprint density at radius 1 is 1.06 bits per heavy atom. The number of piperazine rings is 1. The van der Waals surface area contributed by atoms with Crippen molar-refractivity contribution in [3.63, 3.8) is 0 Å². The number of nitrogens with one attached hydrogen (secondary N) is 1. The van der Waals surface area contributed by atoms with Gasteiger partial charge in [-0.05, 0) is 72.5 Å². The van der Waals surface area contributed by atoms with E-state index in [2.05, 4.69) is 15.1 Å². The van der Waals surface area contributed by atoms with Gasteiger partial charge in [0.1, 0.15) is 18.0 Å². The van der Waals surface area contributed by atoms with E-state index in [1.54, 1.807) is 4.90 Å². The molecule has 9 nitrogen and oxygen atoms in total. The molecule has 0 aliphatic carbocycles. The molecule has 3 saturated heterocycles. The fourth-order valence-electron chi connectivity index (χ4n) is 5.73. The lowest BCUT2D eigenvalue weighted by atomic mass is 9.95. The van der Waals surface area contributed by atoms with E-state index in [1.807, 2.05) is 20.8 Å². The van der Waals surface area contributed by atoms with Gasteiger partial charge >= 0.3 is 12.1 Å². The maximum atomic E-state index is 12.5. The predicted molar refractivity (Wildman–Crippen MR) is 126 cm³/mol. The van der Waals surface area contributed by atoms with Gasteiger partial charge in [0.05, 0.1) is 11.2 Å². The molecule has 1 aromatic heterocycles. The van der Waals surface area contributed by atoms with Crippen LogP contribution >= 0.6 is 0 Å². The Kier molecular flexibility index (Phi) is 6.11. The molecule has 4 aliphatic rings. The average molecular weight is 459 g/mol. The van der Waals surface area contributed by atoms with Crippen LogP contribution in [0.25, 0.3) is 0 Å². The molecule has 0 saturated carbocycles. The van der Waals surface area contributed by atoms with Crippen LogP contribution in [0.15, 0.2) is 0 Å². The molecular weight excluding hydrogens is 420 g/mol. The van der Waals surface area contributed by atoms with Crippen LogP contribution in [0.5, 0.6) is 6.01 Å². The van der Waals surface area contributed by atoms with Gasteiger partial charge in [0.2, 0.25) is 0 Å². The van der Waals surface area contributed by atoms with Gasteiger partial charge in [0.15, 0.2) is 0 Å². The summed E-state index contributed by atoms with van der Waals surface area (Å²) in [6.45, 7) is 13.1. The van der Waals surface area contributed by atoms with Crippen LogP contribution in [-0.4, -0.2) is 89.4 Å². The second-order valence-corrected chi connectivity index (χ2v) is 10.8. The summed E-state index contributed by atoms with van der Waals surface area (Å²) in [7, 11) is 0. The summed E-state index contributed by atoms with van der Waals surface area (Å²) in [5, 5.41) is 3.43. The van der Waals surface area contributed by atoms with E-state index >= 15 is 0 Å². The summed E-state index contributed by atoms with van der Waals surface area (Å²) in [6.07, 6.45) is 5.60. The Bertz CT molecular complexity index is 868. The lowest BCUT2D eigenvalue weighted by molar-refractivity contribution is 0.0240. The zero-order valence-electron chi connectivity index (χ0n) is 20.4.